The first-order valence-corrected chi connectivity index (χ1v) is 5.53. The van der Waals surface area contributed by atoms with Crippen molar-refractivity contribution in [3.8, 4) is 0 Å². The number of hydrogen-bond acceptors (Lipinski definition) is 4. The molecule has 0 radical (unpaired) electrons. The highest BCUT2D eigenvalue weighted by molar-refractivity contribution is 7.80. The molecule has 5 nitrogen and oxygen atoms in total. The molecule has 1 aliphatic rings. The number of pyridine rings is 1. The molecule has 2 N–H and O–H groups in total. The summed E-state index contributed by atoms with van der Waals surface area (Å²) in [4.78, 5) is 26.9. The van der Waals surface area contributed by atoms with Gasteiger partial charge in [-0.3, -0.25) is 25.2 Å². The SMILES string of the molecule is O=C1NC(=S)NC(=O)C1=C/C=C/c1cccnc1. The number of aromatic nitrogens is 1. The zero-order valence-corrected chi connectivity index (χ0v) is 10.0. The Morgan fingerprint density at radius 1 is 1.22 bits per heavy atom. The fourth-order valence-corrected chi connectivity index (χ4v) is 1.54. The van der Waals surface area contributed by atoms with E-state index >= 15 is 0 Å². The molecule has 0 aromatic carbocycles. The Hall–Kier alpha value is -2.34. The quantitative estimate of drug-likeness (QED) is 0.462. The van der Waals surface area contributed by atoms with E-state index in [2.05, 4.69) is 27.8 Å². The van der Waals surface area contributed by atoms with E-state index in [-0.39, 0.29) is 10.7 Å². The standard InChI is InChI=1S/C12H9N3O2S/c16-10-9(11(17)15-12(18)14-10)5-1-3-8-4-2-6-13-7-8/h1-7H,(H2,14,15,16,17,18)/b3-1+. The lowest BCUT2D eigenvalue weighted by Crippen LogP contribution is -2.51. The second kappa shape index (κ2) is 5.33. The Bertz CT molecular complexity index is 542. The number of rotatable bonds is 2. The van der Waals surface area contributed by atoms with Crippen LogP contribution in [0.2, 0.25) is 0 Å². The molecule has 2 rings (SSSR count). The van der Waals surface area contributed by atoms with Crippen LogP contribution in [0.1, 0.15) is 5.56 Å². The minimum absolute atomic E-state index is 0.0174. The maximum absolute atomic E-state index is 11.5. The van der Waals surface area contributed by atoms with E-state index in [4.69, 9.17) is 0 Å². The van der Waals surface area contributed by atoms with Crippen LogP contribution in [0, 0.1) is 0 Å². The van der Waals surface area contributed by atoms with E-state index in [0.29, 0.717) is 0 Å². The molecule has 1 aromatic heterocycles. The lowest BCUT2D eigenvalue weighted by atomic mass is 10.1. The van der Waals surface area contributed by atoms with Gasteiger partial charge in [0.05, 0.1) is 0 Å². The van der Waals surface area contributed by atoms with Crippen LogP contribution in [0.25, 0.3) is 6.08 Å². The first kappa shape index (κ1) is 12.1. The molecule has 18 heavy (non-hydrogen) atoms. The van der Waals surface area contributed by atoms with E-state index in [1.54, 1.807) is 30.6 Å². The van der Waals surface area contributed by atoms with Gasteiger partial charge >= 0.3 is 0 Å². The summed E-state index contributed by atoms with van der Waals surface area (Å²) in [5.74, 6) is -1.00. The van der Waals surface area contributed by atoms with E-state index in [0.717, 1.165) is 5.56 Å². The summed E-state index contributed by atoms with van der Waals surface area (Å²) in [5, 5.41) is 4.74. The fourth-order valence-electron chi connectivity index (χ4n) is 1.36. The summed E-state index contributed by atoms with van der Waals surface area (Å²) in [5.41, 5.74) is 0.894. The van der Waals surface area contributed by atoms with Gasteiger partial charge in [-0.25, -0.2) is 0 Å². The number of carbonyl (C=O) groups is 2. The third kappa shape index (κ3) is 2.86. The van der Waals surface area contributed by atoms with Crippen molar-refractivity contribution in [1.82, 2.24) is 15.6 Å². The second-order valence-electron chi connectivity index (χ2n) is 3.46. The van der Waals surface area contributed by atoms with Crippen LogP contribution in [0.3, 0.4) is 0 Å². The number of nitrogens with one attached hydrogen (secondary N) is 2. The van der Waals surface area contributed by atoms with Crippen LogP contribution >= 0.6 is 12.2 Å². The van der Waals surface area contributed by atoms with Crippen molar-refractivity contribution in [2.45, 2.75) is 0 Å². The van der Waals surface area contributed by atoms with Crippen LogP contribution in [0.15, 0.2) is 42.3 Å². The second-order valence-corrected chi connectivity index (χ2v) is 3.87. The fraction of sp³-hybridized carbons (Fsp3) is 0. The van der Waals surface area contributed by atoms with Crippen molar-refractivity contribution in [2.75, 3.05) is 0 Å². The Morgan fingerprint density at radius 3 is 2.56 bits per heavy atom. The normalized spacial score (nSPS) is 15.6. The average molecular weight is 259 g/mol. The molecule has 0 atom stereocenters. The number of nitrogens with zero attached hydrogens (tertiary/aromatic N) is 1. The van der Waals surface area contributed by atoms with Gasteiger partial charge in [0.25, 0.3) is 11.8 Å². The summed E-state index contributed by atoms with van der Waals surface area (Å²) < 4.78 is 0. The summed E-state index contributed by atoms with van der Waals surface area (Å²) in [6.07, 6.45) is 8.12. The molecule has 1 saturated heterocycles. The van der Waals surface area contributed by atoms with Crippen LogP contribution in [-0.2, 0) is 9.59 Å². The molecular weight excluding hydrogens is 250 g/mol. The number of thiocarbonyl (C=S) groups is 1. The van der Waals surface area contributed by atoms with Crippen molar-refractivity contribution in [1.29, 1.82) is 0 Å². The summed E-state index contributed by atoms with van der Waals surface area (Å²) >= 11 is 4.68. The summed E-state index contributed by atoms with van der Waals surface area (Å²) in [7, 11) is 0. The Balaban J connectivity index is 2.14. The molecule has 1 aromatic rings. The third-order valence-electron chi connectivity index (χ3n) is 2.18. The molecule has 0 unspecified atom stereocenters. The molecular formula is C12H9N3O2S. The molecule has 1 aliphatic heterocycles. The zero-order valence-electron chi connectivity index (χ0n) is 9.21. The molecule has 0 spiro atoms. The lowest BCUT2D eigenvalue weighted by Gasteiger charge is -2.15. The highest BCUT2D eigenvalue weighted by atomic mass is 32.1. The predicted molar refractivity (Wildman–Crippen MR) is 70.2 cm³/mol. The number of carbonyl (C=O) groups excluding carboxylic acids is 2. The predicted octanol–water partition coefficient (Wildman–Crippen LogP) is 0.552. The molecule has 90 valence electrons. The van der Waals surface area contributed by atoms with E-state index in [9.17, 15) is 9.59 Å². The van der Waals surface area contributed by atoms with Crippen molar-refractivity contribution in [3.05, 3.63) is 47.8 Å². The van der Waals surface area contributed by atoms with Gasteiger partial charge in [0.1, 0.15) is 5.57 Å². The topological polar surface area (TPSA) is 71.1 Å². The highest BCUT2D eigenvalue weighted by Crippen LogP contribution is 2.03. The minimum Gasteiger partial charge on any atom is -0.299 e. The number of hydrogen-bond donors (Lipinski definition) is 2. The molecule has 0 aliphatic carbocycles. The third-order valence-corrected chi connectivity index (χ3v) is 2.38. The van der Waals surface area contributed by atoms with Gasteiger partial charge in [0.2, 0.25) is 0 Å². The largest absolute Gasteiger partial charge is 0.299 e. The lowest BCUT2D eigenvalue weighted by molar-refractivity contribution is -0.123. The van der Waals surface area contributed by atoms with Crippen molar-refractivity contribution in [2.24, 2.45) is 0 Å². The first-order chi connectivity index (χ1) is 8.66. The van der Waals surface area contributed by atoms with Gasteiger partial charge in [0, 0.05) is 12.4 Å². The van der Waals surface area contributed by atoms with Crippen LogP contribution < -0.4 is 10.6 Å². The molecule has 0 bridgehead atoms. The van der Waals surface area contributed by atoms with Gasteiger partial charge in [-0.1, -0.05) is 18.2 Å². The highest BCUT2D eigenvalue weighted by Gasteiger charge is 2.24. The van der Waals surface area contributed by atoms with Gasteiger partial charge in [0.15, 0.2) is 5.11 Å². The van der Waals surface area contributed by atoms with Gasteiger partial charge in [-0.15, -0.1) is 0 Å². The molecule has 1 fully saturated rings. The first-order valence-electron chi connectivity index (χ1n) is 5.12. The van der Waals surface area contributed by atoms with Crippen LogP contribution in [0.4, 0.5) is 0 Å². The number of amides is 2. The van der Waals surface area contributed by atoms with Crippen molar-refractivity contribution < 1.29 is 9.59 Å². The monoisotopic (exact) mass is 259 g/mol. The van der Waals surface area contributed by atoms with Gasteiger partial charge in [-0.2, -0.15) is 0 Å². The summed E-state index contributed by atoms with van der Waals surface area (Å²) in [6, 6.07) is 3.66. The molecule has 2 amide bonds. The van der Waals surface area contributed by atoms with Crippen LogP contribution in [-0.4, -0.2) is 21.9 Å². The summed E-state index contributed by atoms with van der Waals surface area (Å²) in [6.45, 7) is 0. The van der Waals surface area contributed by atoms with E-state index in [1.165, 1.54) is 6.08 Å². The van der Waals surface area contributed by atoms with Gasteiger partial charge in [-0.05, 0) is 29.9 Å². The van der Waals surface area contributed by atoms with Crippen molar-refractivity contribution in [3.63, 3.8) is 0 Å². The maximum atomic E-state index is 11.5. The maximum Gasteiger partial charge on any atom is 0.263 e. The smallest absolute Gasteiger partial charge is 0.263 e. The minimum atomic E-state index is -0.500. The number of allylic oxidation sites excluding steroid dienone is 2. The Kier molecular flexibility index (Phi) is 3.59. The molecule has 0 saturated carbocycles. The zero-order chi connectivity index (χ0) is 13.0. The average Bonchev–Trinajstić information content (AvgIpc) is 2.34. The molecule has 6 heteroatoms. The van der Waals surface area contributed by atoms with Crippen molar-refractivity contribution >= 4 is 35.2 Å². The molecule has 2 heterocycles. The van der Waals surface area contributed by atoms with E-state index < -0.39 is 11.8 Å². The Labute approximate surface area is 109 Å². The Morgan fingerprint density at radius 2 is 1.94 bits per heavy atom. The van der Waals surface area contributed by atoms with Crippen LogP contribution in [0.5, 0.6) is 0 Å². The van der Waals surface area contributed by atoms with E-state index in [1.807, 2.05) is 6.07 Å². The van der Waals surface area contributed by atoms with Gasteiger partial charge < -0.3 is 0 Å².